The zero-order chi connectivity index (χ0) is 6.57. The summed E-state index contributed by atoms with van der Waals surface area (Å²) in [5, 5.41) is 15.9. The number of carbonyl (C=O) groups excluding carboxylic acids is 1. The molecular weight excluding hydrogens is 157 g/mol. The average Bonchev–Trinajstić information content (AvgIpc) is 1.65. The van der Waals surface area contributed by atoms with Crippen molar-refractivity contribution in [1.29, 1.82) is 5.41 Å². The van der Waals surface area contributed by atoms with Crippen LogP contribution in [-0.4, -0.2) is 17.2 Å². The SMILES string of the molecule is N=C(O)NC(=O)[N]=[Ni]. The molecule has 48 valence electrons. The monoisotopic (exact) mass is 159 g/mol. The number of nitrogens with zero attached hydrogens (tertiary/aromatic N) is 1. The van der Waals surface area contributed by atoms with E-state index in [1.165, 1.54) is 0 Å². The van der Waals surface area contributed by atoms with E-state index in [1.807, 2.05) is 0 Å². The van der Waals surface area contributed by atoms with Gasteiger partial charge in [-0.1, -0.05) is 0 Å². The number of nitrogens with one attached hydrogen (secondary N) is 2. The number of hydrogen-bond acceptors (Lipinski definition) is 2. The van der Waals surface area contributed by atoms with Crippen molar-refractivity contribution in [2.24, 2.45) is 4.03 Å². The molecule has 0 aliphatic rings. The Hall–Kier alpha value is -0.766. The Morgan fingerprint density at radius 2 is 2.38 bits per heavy atom. The topological polar surface area (TPSA) is 85.5 Å². The normalized spacial score (nSPS) is 7.75. The summed E-state index contributed by atoms with van der Waals surface area (Å²) in [6.07, 6.45) is 0. The Morgan fingerprint density at radius 3 is 2.50 bits per heavy atom. The van der Waals surface area contributed by atoms with Crippen molar-refractivity contribution in [3.63, 3.8) is 0 Å². The van der Waals surface area contributed by atoms with Crippen LogP contribution in [0, 0.1) is 5.41 Å². The van der Waals surface area contributed by atoms with E-state index in [1.54, 1.807) is 5.32 Å². The maximum atomic E-state index is 9.95. The predicted molar refractivity (Wildman–Crippen MR) is 21.3 cm³/mol. The quantitative estimate of drug-likeness (QED) is 0.263. The average molecular weight is 160 g/mol. The molecular formula is C2H3N3NiO2. The summed E-state index contributed by atoms with van der Waals surface area (Å²) in [6.45, 7) is 0. The Balaban J connectivity index is 3.55. The first-order valence-electron chi connectivity index (χ1n) is 1.54. The van der Waals surface area contributed by atoms with E-state index in [0.717, 1.165) is 0 Å². The van der Waals surface area contributed by atoms with Gasteiger partial charge >= 0.3 is 52.0 Å². The first kappa shape index (κ1) is 7.23. The van der Waals surface area contributed by atoms with E-state index in [0.29, 0.717) is 0 Å². The molecule has 3 N–H and O–H groups in total. The molecule has 0 aromatic rings. The van der Waals surface area contributed by atoms with E-state index in [-0.39, 0.29) is 0 Å². The van der Waals surface area contributed by atoms with Crippen molar-refractivity contribution in [3.05, 3.63) is 0 Å². The van der Waals surface area contributed by atoms with Crippen molar-refractivity contribution in [2.45, 2.75) is 0 Å². The third-order valence-corrected chi connectivity index (χ3v) is 0.490. The first-order valence-corrected chi connectivity index (χ1v) is 1.98. The summed E-state index contributed by atoms with van der Waals surface area (Å²) in [6, 6.07) is -1.84. The molecule has 0 fully saturated rings. The van der Waals surface area contributed by atoms with Gasteiger partial charge in [-0.3, -0.25) is 0 Å². The number of urea groups is 1. The zero-order valence-electron chi connectivity index (χ0n) is 3.62. The third kappa shape index (κ3) is 3.42. The Morgan fingerprint density at radius 1 is 1.88 bits per heavy atom. The van der Waals surface area contributed by atoms with Crippen LogP contribution in [-0.2, 0) is 15.3 Å². The van der Waals surface area contributed by atoms with Crippen LogP contribution in [0.4, 0.5) is 4.79 Å². The van der Waals surface area contributed by atoms with E-state index >= 15 is 0 Å². The molecule has 5 nitrogen and oxygen atoms in total. The fourth-order valence-electron chi connectivity index (χ4n) is 0.119. The number of aliphatic hydroxyl groups excluding tert-OH is 1. The molecule has 0 aliphatic carbocycles. The number of amidine groups is 1. The van der Waals surface area contributed by atoms with Gasteiger partial charge in [0.1, 0.15) is 0 Å². The van der Waals surface area contributed by atoms with Gasteiger partial charge in [0, 0.05) is 0 Å². The van der Waals surface area contributed by atoms with Gasteiger partial charge < -0.3 is 0 Å². The predicted octanol–water partition coefficient (Wildman–Crippen LogP) is -0.0808. The molecule has 0 unspecified atom stereocenters. The van der Waals surface area contributed by atoms with Crippen LogP contribution in [0.5, 0.6) is 0 Å². The second-order valence-corrected chi connectivity index (χ2v) is 1.07. The molecule has 0 rings (SSSR count). The molecule has 6 heteroatoms. The summed E-state index contributed by atoms with van der Waals surface area (Å²) in [4.78, 5) is 9.95. The number of aliphatic hydroxyl groups is 1. The van der Waals surface area contributed by atoms with Crippen LogP contribution in [0.25, 0.3) is 0 Å². The second kappa shape index (κ2) is 3.26. The molecule has 0 radical (unpaired) electrons. The Bertz CT molecular complexity index is 133. The van der Waals surface area contributed by atoms with Crippen LogP contribution in [0.15, 0.2) is 4.03 Å². The second-order valence-electron chi connectivity index (χ2n) is 0.849. The third-order valence-electron chi connectivity index (χ3n) is 0.290. The summed E-state index contributed by atoms with van der Waals surface area (Å²) >= 11 is 3.63. The van der Waals surface area contributed by atoms with Crippen LogP contribution in [0.2, 0.25) is 0 Å². The first-order chi connectivity index (χ1) is 3.66. The molecule has 0 saturated heterocycles. The van der Waals surface area contributed by atoms with Gasteiger partial charge in [0.25, 0.3) is 0 Å². The number of rotatable bonds is 0. The molecule has 0 heterocycles. The van der Waals surface area contributed by atoms with E-state index in [9.17, 15) is 4.79 Å². The summed E-state index contributed by atoms with van der Waals surface area (Å²) in [7, 11) is 0. The molecule has 0 aromatic carbocycles. The molecule has 2 amide bonds. The Kier molecular flexibility index (Phi) is 2.95. The summed E-state index contributed by atoms with van der Waals surface area (Å²) < 4.78 is 2.70. The minimum atomic E-state index is -0.948. The molecule has 0 aromatic heterocycles. The van der Waals surface area contributed by atoms with Gasteiger partial charge in [-0.25, -0.2) is 0 Å². The maximum absolute atomic E-state index is 9.95. The van der Waals surface area contributed by atoms with Gasteiger partial charge in [0.15, 0.2) is 0 Å². The van der Waals surface area contributed by atoms with E-state index in [2.05, 4.69) is 19.3 Å². The van der Waals surface area contributed by atoms with Crippen LogP contribution in [0.1, 0.15) is 0 Å². The van der Waals surface area contributed by atoms with E-state index < -0.39 is 12.1 Å². The van der Waals surface area contributed by atoms with E-state index in [4.69, 9.17) is 10.5 Å². The van der Waals surface area contributed by atoms with Crippen LogP contribution >= 0.6 is 0 Å². The standard InChI is InChI=1S/C2H3N3O2.Ni/c3-1(6)5-2(4)7;/h(H3,3,5,6,7);. The molecule has 0 aliphatic heterocycles. The zero-order valence-corrected chi connectivity index (χ0v) is 4.61. The van der Waals surface area contributed by atoms with Gasteiger partial charge in [-0.05, 0) is 0 Å². The molecule has 0 spiro atoms. The van der Waals surface area contributed by atoms with Crippen molar-refractivity contribution >= 4 is 12.1 Å². The number of amides is 2. The van der Waals surface area contributed by atoms with Crippen LogP contribution in [0.3, 0.4) is 0 Å². The van der Waals surface area contributed by atoms with Gasteiger partial charge in [-0.2, -0.15) is 0 Å². The summed E-state index contributed by atoms with van der Waals surface area (Å²) in [5.41, 5.74) is 0. The van der Waals surface area contributed by atoms with Gasteiger partial charge in [-0.15, -0.1) is 0 Å². The molecule has 0 bridgehead atoms. The molecule has 0 atom stereocenters. The number of hydrogen-bond donors (Lipinski definition) is 3. The fourth-order valence-corrected chi connectivity index (χ4v) is 0.174. The van der Waals surface area contributed by atoms with Crippen LogP contribution < -0.4 is 5.32 Å². The summed E-state index contributed by atoms with van der Waals surface area (Å²) in [5.74, 6) is 0. The van der Waals surface area contributed by atoms with Gasteiger partial charge in [0.2, 0.25) is 0 Å². The number of carbonyl (C=O) groups is 1. The molecule has 0 saturated carbocycles. The van der Waals surface area contributed by atoms with Crippen molar-refractivity contribution in [1.82, 2.24) is 5.32 Å². The van der Waals surface area contributed by atoms with Crippen molar-refractivity contribution in [2.75, 3.05) is 0 Å². The van der Waals surface area contributed by atoms with Crippen molar-refractivity contribution < 1.29 is 25.2 Å². The minimum absolute atomic E-state index is 0.891. The van der Waals surface area contributed by atoms with Gasteiger partial charge in [0.05, 0.1) is 0 Å². The Labute approximate surface area is 52.8 Å². The molecule has 8 heavy (non-hydrogen) atoms. The fraction of sp³-hybridized carbons (Fsp3) is 0. The van der Waals surface area contributed by atoms with Crippen molar-refractivity contribution in [3.8, 4) is 0 Å².